The Hall–Kier alpha value is -1.34. The van der Waals surface area contributed by atoms with Crippen molar-refractivity contribution in [3.8, 4) is 0 Å². The number of nitrogens with one attached hydrogen (secondary N) is 1. The van der Waals surface area contributed by atoms with Gasteiger partial charge in [0.1, 0.15) is 6.54 Å². The lowest BCUT2D eigenvalue weighted by Gasteiger charge is -2.32. The van der Waals surface area contributed by atoms with E-state index in [9.17, 15) is 4.79 Å². The van der Waals surface area contributed by atoms with Crippen molar-refractivity contribution in [1.82, 2.24) is 20.0 Å². The van der Waals surface area contributed by atoms with Gasteiger partial charge in [-0.2, -0.15) is 0 Å². The van der Waals surface area contributed by atoms with Crippen molar-refractivity contribution >= 4 is 11.9 Å². The number of ether oxygens (including phenoxy) is 1. The van der Waals surface area contributed by atoms with Crippen LogP contribution in [0.2, 0.25) is 0 Å². The first kappa shape index (κ1) is 18.5. The smallest absolute Gasteiger partial charge is 0.243 e. The molecule has 3 rings (SSSR count). The fourth-order valence-corrected chi connectivity index (χ4v) is 3.95. The van der Waals surface area contributed by atoms with Crippen LogP contribution < -0.4 is 5.32 Å². The van der Waals surface area contributed by atoms with Crippen LogP contribution in [0.15, 0.2) is 4.99 Å². The van der Waals surface area contributed by atoms with Gasteiger partial charge in [-0.3, -0.25) is 9.69 Å². The van der Waals surface area contributed by atoms with E-state index in [1.807, 2.05) is 0 Å². The number of nitrogens with zero attached hydrogens (tertiary/aromatic N) is 4. The first-order chi connectivity index (χ1) is 12.1. The topological polar surface area (TPSA) is 60.4 Å². The molecule has 0 radical (unpaired) electrons. The van der Waals surface area contributed by atoms with Crippen LogP contribution in [-0.4, -0.2) is 98.7 Å². The molecule has 142 valence electrons. The van der Waals surface area contributed by atoms with E-state index in [2.05, 4.69) is 20.1 Å². The normalized spacial score (nSPS) is 26.2. The van der Waals surface area contributed by atoms with Crippen molar-refractivity contribution in [2.24, 2.45) is 4.99 Å². The first-order valence-electron chi connectivity index (χ1n) is 9.71. The summed E-state index contributed by atoms with van der Waals surface area (Å²) in [5.74, 6) is 0.979. The highest BCUT2D eigenvalue weighted by Gasteiger charge is 2.31. The summed E-state index contributed by atoms with van der Waals surface area (Å²) in [5.41, 5.74) is 0. The van der Waals surface area contributed by atoms with E-state index in [-0.39, 0.29) is 12.5 Å². The maximum atomic E-state index is 12.0. The van der Waals surface area contributed by atoms with Gasteiger partial charge < -0.3 is 19.9 Å². The number of likely N-dealkylation sites (tertiary alicyclic amines) is 1. The Morgan fingerprint density at radius 3 is 2.56 bits per heavy atom. The second-order valence-electron chi connectivity index (χ2n) is 7.59. The van der Waals surface area contributed by atoms with E-state index in [0.717, 1.165) is 51.8 Å². The lowest BCUT2D eigenvalue weighted by Crippen LogP contribution is -2.48. The second-order valence-corrected chi connectivity index (χ2v) is 7.59. The minimum Gasteiger partial charge on any atom is -0.379 e. The number of carbonyl (C=O) groups is 1. The van der Waals surface area contributed by atoms with Gasteiger partial charge in [0.15, 0.2) is 5.96 Å². The molecule has 0 aromatic rings. The Morgan fingerprint density at radius 2 is 1.88 bits per heavy atom. The molecule has 2 aliphatic heterocycles. The van der Waals surface area contributed by atoms with Gasteiger partial charge in [-0.25, -0.2) is 4.99 Å². The highest BCUT2D eigenvalue weighted by molar-refractivity contribution is 5.85. The molecule has 7 nitrogen and oxygen atoms in total. The third kappa shape index (κ3) is 5.07. The number of morpholine rings is 1. The van der Waals surface area contributed by atoms with Crippen molar-refractivity contribution in [3.63, 3.8) is 0 Å². The van der Waals surface area contributed by atoms with E-state index in [1.54, 1.807) is 19.0 Å². The number of guanidine groups is 1. The van der Waals surface area contributed by atoms with Gasteiger partial charge in [-0.05, 0) is 19.3 Å². The number of carbonyl (C=O) groups excluding carboxylic acids is 1. The largest absolute Gasteiger partial charge is 0.379 e. The molecule has 2 saturated heterocycles. The van der Waals surface area contributed by atoms with Crippen LogP contribution in [-0.2, 0) is 9.53 Å². The van der Waals surface area contributed by atoms with Gasteiger partial charge in [0.25, 0.3) is 0 Å². The summed E-state index contributed by atoms with van der Waals surface area (Å²) in [6.45, 7) is 5.97. The molecule has 2 heterocycles. The lowest BCUT2D eigenvalue weighted by atomic mass is 10.2. The standard InChI is InChI=1S/C18H33N5O2/c1-21(2)17(24)13-19-18(20-15-5-3-4-6-15)23-8-7-16(14-23)22-9-11-25-12-10-22/h15-16H,3-14H2,1-2H3,(H,19,20). The SMILES string of the molecule is CN(C)C(=O)CN=C(NC1CCCC1)N1CCC(N2CCOCC2)C1. The molecule has 3 aliphatic rings. The molecule has 1 saturated carbocycles. The van der Waals surface area contributed by atoms with Crippen molar-refractivity contribution in [2.45, 2.75) is 44.2 Å². The third-order valence-electron chi connectivity index (χ3n) is 5.58. The zero-order chi connectivity index (χ0) is 17.6. The minimum atomic E-state index is 0.0506. The molecule has 1 aliphatic carbocycles. The van der Waals surface area contributed by atoms with Gasteiger partial charge in [-0.1, -0.05) is 12.8 Å². The van der Waals surface area contributed by atoms with Crippen molar-refractivity contribution in [1.29, 1.82) is 0 Å². The number of rotatable bonds is 4. The van der Waals surface area contributed by atoms with Crippen LogP contribution in [0.1, 0.15) is 32.1 Å². The molecule has 0 bridgehead atoms. The number of amides is 1. The average molecular weight is 351 g/mol. The molecular formula is C18H33N5O2. The maximum Gasteiger partial charge on any atom is 0.243 e. The Balaban J connectivity index is 1.61. The van der Waals surface area contributed by atoms with Crippen LogP contribution in [0.5, 0.6) is 0 Å². The van der Waals surface area contributed by atoms with E-state index >= 15 is 0 Å². The molecule has 0 aromatic carbocycles. The van der Waals surface area contributed by atoms with E-state index in [0.29, 0.717) is 12.1 Å². The molecule has 25 heavy (non-hydrogen) atoms. The van der Waals surface area contributed by atoms with E-state index in [4.69, 9.17) is 4.74 Å². The molecule has 1 amide bonds. The van der Waals surface area contributed by atoms with Crippen LogP contribution >= 0.6 is 0 Å². The molecule has 0 spiro atoms. The summed E-state index contributed by atoms with van der Waals surface area (Å²) in [6, 6.07) is 1.08. The molecule has 1 unspecified atom stereocenters. The Labute approximate surface area is 151 Å². The second kappa shape index (κ2) is 8.85. The minimum absolute atomic E-state index is 0.0506. The predicted molar refractivity (Wildman–Crippen MR) is 98.8 cm³/mol. The molecule has 1 N–H and O–H groups in total. The number of hydrogen-bond acceptors (Lipinski definition) is 4. The summed E-state index contributed by atoms with van der Waals surface area (Å²) in [5, 5.41) is 3.64. The summed E-state index contributed by atoms with van der Waals surface area (Å²) in [4.78, 5) is 23.1. The molecule has 0 aromatic heterocycles. The summed E-state index contributed by atoms with van der Waals surface area (Å²) in [7, 11) is 3.57. The van der Waals surface area contributed by atoms with Gasteiger partial charge in [-0.15, -0.1) is 0 Å². The Bertz CT molecular complexity index is 470. The third-order valence-corrected chi connectivity index (χ3v) is 5.58. The molecule has 1 atom stereocenters. The monoisotopic (exact) mass is 351 g/mol. The van der Waals surface area contributed by atoms with Crippen molar-refractivity contribution < 1.29 is 9.53 Å². The highest BCUT2D eigenvalue weighted by atomic mass is 16.5. The van der Waals surface area contributed by atoms with Crippen molar-refractivity contribution in [2.75, 3.05) is 60.0 Å². The number of likely N-dealkylation sites (N-methyl/N-ethyl adjacent to an activating group) is 1. The predicted octanol–water partition coefficient (Wildman–Crippen LogP) is 0.369. The summed E-state index contributed by atoms with van der Waals surface area (Å²) in [6.07, 6.45) is 6.16. The fourth-order valence-electron chi connectivity index (χ4n) is 3.95. The zero-order valence-corrected chi connectivity index (χ0v) is 15.7. The zero-order valence-electron chi connectivity index (χ0n) is 15.7. The highest BCUT2D eigenvalue weighted by Crippen LogP contribution is 2.20. The van der Waals surface area contributed by atoms with Crippen LogP contribution in [0.3, 0.4) is 0 Å². The van der Waals surface area contributed by atoms with Gasteiger partial charge in [0.2, 0.25) is 5.91 Å². The molecular weight excluding hydrogens is 318 g/mol. The van der Waals surface area contributed by atoms with Gasteiger partial charge >= 0.3 is 0 Å². The molecule has 3 fully saturated rings. The summed E-state index contributed by atoms with van der Waals surface area (Å²) < 4.78 is 5.48. The van der Waals surface area contributed by atoms with E-state index < -0.39 is 0 Å². The number of aliphatic imine (C=N–C) groups is 1. The van der Waals surface area contributed by atoms with Crippen LogP contribution in [0, 0.1) is 0 Å². The Kier molecular flexibility index (Phi) is 6.53. The summed E-state index contributed by atoms with van der Waals surface area (Å²) >= 11 is 0. The van der Waals surface area contributed by atoms with Gasteiger partial charge in [0.05, 0.1) is 13.2 Å². The van der Waals surface area contributed by atoms with Crippen LogP contribution in [0.25, 0.3) is 0 Å². The fraction of sp³-hybridized carbons (Fsp3) is 0.889. The number of hydrogen-bond donors (Lipinski definition) is 1. The average Bonchev–Trinajstić information content (AvgIpc) is 3.30. The van der Waals surface area contributed by atoms with Crippen molar-refractivity contribution in [3.05, 3.63) is 0 Å². The first-order valence-corrected chi connectivity index (χ1v) is 9.71. The Morgan fingerprint density at radius 1 is 1.16 bits per heavy atom. The molecule has 7 heteroatoms. The quantitative estimate of drug-likeness (QED) is 0.586. The van der Waals surface area contributed by atoms with Gasteiger partial charge in [0, 0.05) is 52.4 Å². The van der Waals surface area contributed by atoms with E-state index in [1.165, 1.54) is 25.7 Å². The lowest BCUT2D eigenvalue weighted by molar-refractivity contribution is -0.127. The van der Waals surface area contributed by atoms with Crippen LogP contribution in [0.4, 0.5) is 0 Å². The maximum absolute atomic E-state index is 12.0.